The molecule has 1 atom stereocenters. The van der Waals surface area contributed by atoms with Crippen LogP contribution in [0, 0.1) is 11.2 Å². The number of carbonyl (C=O) groups is 2. The summed E-state index contributed by atoms with van der Waals surface area (Å²) in [5.41, 5.74) is 0.762. The molecule has 5 heteroatoms. The van der Waals surface area contributed by atoms with Gasteiger partial charge < -0.3 is 10.4 Å². The van der Waals surface area contributed by atoms with Crippen LogP contribution in [0.4, 0.5) is 4.39 Å². The third-order valence-electron chi connectivity index (χ3n) is 3.94. The maximum atomic E-state index is 13.2. The van der Waals surface area contributed by atoms with E-state index in [0.717, 1.165) is 30.4 Å². The van der Waals surface area contributed by atoms with Crippen molar-refractivity contribution in [2.24, 2.45) is 5.41 Å². The number of fused-ring (bicyclic) bond motifs is 1. The Morgan fingerprint density at radius 3 is 2.81 bits per heavy atom. The van der Waals surface area contributed by atoms with Gasteiger partial charge >= 0.3 is 5.97 Å². The van der Waals surface area contributed by atoms with Gasteiger partial charge in [0, 0.05) is 6.42 Å². The molecule has 1 amide bonds. The van der Waals surface area contributed by atoms with Crippen molar-refractivity contribution in [2.75, 3.05) is 0 Å². The summed E-state index contributed by atoms with van der Waals surface area (Å²) >= 11 is 0. The Bertz CT molecular complexity index is 569. The highest BCUT2D eigenvalue weighted by Crippen LogP contribution is 2.31. The molecular formula is C16H20FNO3. The molecule has 2 rings (SSSR count). The van der Waals surface area contributed by atoms with E-state index in [2.05, 4.69) is 5.32 Å². The van der Waals surface area contributed by atoms with Crippen LogP contribution in [0.15, 0.2) is 18.2 Å². The van der Waals surface area contributed by atoms with Gasteiger partial charge in [-0.1, -0.05) is 6.07 Å². The van der Waals surface area contributed by atoms with Gasteiger partial charge in [-0.15, -0.1) is 0 Å². The first kappa shape index (κ1) is 15.5. The molecule has 0 heterocycles. The van der Waals surface area contributed by atoms with Crippen molar-refractivity contribution in [3.63, 3.8) is 0 Å². The average Bonchev–Trinajstić information content (AvgIpc) is 2.37. The SMILES string of the molecule is CC(C)(CC(=O)NC1CCCc2cc(F)ccc21)C(=O)O. The zero-order valence-corrected chi connectivity index (χ0v) is 12.3. The minimum absolute atomic E-state index is 0.0740. The number of hydrogen-bond donors (Lipinski definition) is 2. The van der Waals surface area contributed by atoms with Crippen molar-refractivity contribution in [3.8, 4) is 0 Å². The van der Waals surface area contributed by atoms with Crippen LogP contribution in [-0.2, 0) is 16.0 Å². The van der Waals surface area contributed by atoms with Crippen LogP contribution in [-0.4, -0.2) is 17.0 Å². The minimum atomic E-state index is -1.09. The lowest BCUT2D eigenvalue weighted by Crippen LogP contribution is -2.36. The van der Waals surface area contributed by atoms with Crippen LogP contribution >= 0.6 is 0 Å². The summed E-state index contributed by atoms with van der Waals surface area (Å²) in [6, 6.07) is 4.45. The van der Waals surface area contributed by atoms with Crippen LogP contribution < -0.4 is 5.32 Å². The highest BCUT2D eigenvalue weighted by molar-refractivity contribution is 5.84. The molecule has 1 aliphatic rings. The second kappa shape index (κ2) is 5.84. The van der Waals surface area contributed by atoms with Crippen molar-refractivity contribution in [1.82, 2.24) is 5.32 Å². The fraction of sp³-hybridized carbons (Fsp3) is 0.500. The van der Waals surface area contributed by atoms with Crippen molar-refractivity contribution >= 4 is 11.9 Å². The number of amides is 1. The van der Waals surface area contributed by atoms with Crippen molar-refractivity contribution in [3.05, 3.63) is 35.1 Å². The lowest BCUT2D eigenvalue weighted by atomic mass is 9.86. The van der Waals surface area contributed by atoms with E-state index < -0.39 is 11.4 Å². The molecule has 0 aromatic heterocycles. The number of carboxylic acid groups (broad SMARTS) is 1. The molecule has 21 heavy (non-hydrogen) atoms. The molecule has 2 N–H and O–H groups in total. The van der Waals surface area contributed by atoms with Crippen molar-refractivity contribution < 1.29 is 19.1 Å². The van der Waals surface area contributed by atoms with E-state index >= 15 is 0 Å². The monoisotopic (exact) mass is 293 g/mol. The molecule has 114 valence electrons. The molecule has 0 fully saturated rings. The van der Waals surface area contributed by atoms with Crippen LogP contribution in [0.1, 0.15) is 50.3 Å². The number of carboxylic acids is 1. The smallest absolute Gasteiger partial charge is 0.309 e. The maximum Gasteiger partial charge on any atom is 0.309 e. The summed E-state index contributed by atoms with van der Waals surface area (Å²) in [4.78, 5) is 23.1. The topological polar surface area (TPSA) is 66.4 Å². The van der Waals surface area contributed by atoms with Crippen LogP contribution in [0.2, 0.25) is 0 Å². The number of nitrogens with one attached hydrogen (secondary N) is 1. The zero-order chi connectivity index (χ0) is 15.6. The fourth-order valence-corrected chi connectivity index (χ4v) is 2.66. The second-order valence-corrected chi connectivity index (χ2v) is 6.22. The third kappa shape index (κ3) is 3.60. The van der Waals surface area contributed by atoms with Crippen LogP contribution in [0.25, 0.3) is 0 Å². The molecule has 0 spiro atoms. The van der Waals surface area contributed by atoms with Crippen LogP contribution in [0.3, 0.4) is 0 Å². The predicted octanol–water partition coefficient (Wildman–Crippen LogP) is 2.82. The van der Waals surface area contributed by atoms with Crippen LogP contribution in [0.5, 0.6) is 0 Å². The van der Waals surface area contributed by atoms with E-state index in [1.807, 2.05) is 0 Å². The van der Waals surface area contributed by atoms with Crippen molar-refractivity contribution in [1.29, 1.82) is 0 Å². The Morgan fingerprint density at radius 2 is 2.14 bits per heavy atom. The first-order valence-electron chi connectivity index (χ1n) is 7.11. The van der Waals surface area contributed by atoms with Gasteiger partial charge in [0.25, 0.3) is 0 Å². The largest absolute Gasteiger partial charge is 0.481 e. The Kier molecular flexibility index (Phi) is 4.30. The first-order valence-corrected chi connectivity index (χ1v) is 7.11. The van der Waals surface area contributed by atoms with E-state index in [1.54, 1.807) is 6.07 Å². The standard InChI is InChI=1S/C16H20FNO3/c1-16(2,15(20)21)9-14(19)18-13-5-3-4-10-8-11(17)6-7-12(10)13/h6-8,13H,3-5,9H2,1-2H3,(H,18,19)(H,20,21). The average molecular weight is 293 g/mol. The molecule has 0 saturated heterocycles. The van der Waals surface area contributed by atoms with Gasteiger partial charge in [-0.05, 0) is 56.4 Å². The van der Waals surface area contributed by atoms with Gasteiger partial charge in [-0.2, -0.15) is 0 Å². The Morgan fingerprint density at radius 1 is 1.43 bits per heavy atom. The molecule has 1 aliphatic carbocycles. The first-order chi connectivity index (χ1) is 9.79. The summed E-state index contributed by atoms with van der Waals surface area (Å²) in [7, 11) is 0. The molecule has 1 aromatic rings. The third-order valence-corrected chi connectivity index (χ3v) is 3.94. The summed E-state index contributed by atoms with van der Waals surface area (Å²) in [5, 5.41) is 11.9. The number of halogens is 1. The Balaban J connectivity index is 2.08. The zero-order valence-electron chi connectivity index (χ0n) is 12.3. The van der Waals surface area contributed by atoms with Gasteiger partial charge in [0.1, 0.15) is 5.82 Å². The quantitative estimate of drug-likeness (QED) is 0.897. The summed E-state index contributed by atoms with van der Waals surface area (Å²) < 4.78 is 13.2. The van der Waals surface area contributed by atoms with Crippen molar-refractivity contribution in [2.45, 2.75) is 45.6 Å². The summed E-state index contributed by atoms with van der Waals surface area (Å²) in [6.07, 6.45) is 2.40. The van der Waals surface area contributed by atoms with E-state index in [0.29, 0.717) is 0 Å². The van der Waals surface area contributed by atoms with E-state index in [9.17, 15) is 14.0 Å². The molecular weight excluding hydrogens is 273 g/mol. The van der Waals surface area contributed by atoms with E-state index in [1.165, 1.54) is 26.0 Å². The molecule has 1 aromatic carbocycles. The lowest BCUT2D eigenvalue weighted by molar-refractivity contribution is -0.149. The van der Waals surface area contributed by atoms with Gasteiger partial charge in [0.05, 0.1) is 11.5 Å². The summed E-state index contributed by atoms with van der Waals surface area (Å²) in [5.74, 6) is -1.55. The van der Waals surface area contributed by atoms with Gasteiger partial charge in [-0.25, -0.2) is 4.39 Å². The molecule has 0 saturated carbocycles. The molecule has 0 bridgehead atoms. The summed E-state index contributed by atoms with van der Waals surface area (Å²) in [6.45, 7) is 3.05. The molecule has 1 unspecified atom stereocenters. The second-order valence-electron chi connectivity index (χ2n) is 6.22. The number of aliphatic carboxylic acids is 1. The van der Waals surface area contributed by atoms with Gasteiger partial charge in [0.2, 0.25) is 5.91 Å². The highest BCUT2D eigenvalue weighted by Gasteiger charge is 2.31. The Hall–Kier alpha value is -1.91. The fourth-order valence-electron chi connectivity index (χ4n) is 2.66. The van der Waals surface area contributed by atoms with Gasteiger partial charge in [0.15, 0.2) is 0 Å². The van der Waals surface area contributed by atoms with Gasteiger partial charge in [-0.3, -0.25) is 9.59 Å². The Labute approximate surface area is 123 Å². The molecule has 4 nitrogen and oxygen atoms in total. The minimum Gasteiger partial charge on any atom is -0.481 e. The predicted molar refractivity (Wildman–Crippen MR) is 76.3 cm³/mol. The maximum absolute atomic E-state index is 13.2. The number of carbonyl (C=O) groups excluding carboxylic acids is 1. The molecule has 0 aliphatic heterocycles. The number of hydrogen-bond acceptors (Lipinski definition) is 2. The lowest BCUT2D eigenvalue weighted by Gasteiger charge is -2.28. The normalized spacial score (nSPS) is 18.0. The van der Waals surface area contributed by atoms with E-state index in [-0.39, 0.29) is 24.2 Å². The highest BCUT2D eigenvalue weighted by atomic mass is 19.1. The number of benzene rings is 1. The molecule has 0 radical (unpaired) electrons. The number of aryl methyl sites for hydroxylation is 1. The van der Waals surface area contributed by atoms with E-state index in [4.69, 9.17) is 5.11 Å². The number of rotatable bonds is 4.